The summed E-state index contributed by atoms with van der Waals surface area (Å²) in [5.74, 6) is -0.198. The lowest BCUT2D eigenvalue weighted by atomic mass is 10.0. The van der Waals surface area contributed by atoms with E-state index >= 15 is 0 Å². The fourth-order valence-electron chi connectivity index (χ4n) is 2.91. The van der Waals surface area contributed by atoms with E-state index in [-0.39, 0.29) is 11.8 Å². The zero-order chi connectivity index (χ0) is 19.2. The highest BCUT2D eigenvalue weighted by Crippen LogP contribution is 2.26. The fourth-order valence-corrected chi connectivity index (χ4v) is 2.91. The predicted octanol–water partition coefficient (Wildman–Crippen LogP) is 4.39. The minimum Gasteiger partial charge on any atom is -0.352 e. The molecule has 0 aliphatic rings. The van der Waals surface area contributed by atoms with Crippen molar-refractivity contribution >= 4 is 28.4 Å². The van der Waals surface area contributed by atoms with E-state index in [0.717, 1.165) is 40.7 Å². The lowest BCUT2D eigenvalue weighted by molar-refractivity contribution is -0.114. The number of anilines is 1. The van der Waals surface area contributed by atoms with Gasteiger partial charge in [0.25, 0.3) is 5.91 Å². The van der Waals surface area contributed by atoms with Crippen molar-refractivity contribution in [1.29, 1.82) is 0 Å². The molecule has 5 nitrogen and oxygen atoms in total. The molecule has 2 N–H and O–H groups in total. The normalized spacial score (nSPS) is 10.6. The maximum Gasteiger partial charge on any atom is 0.252 e. The molecule has 0 radical (unpaired) electrons. The molecule has 138 valence electrons. The molecule has 5 heteroatoms. The number of benzene rings is 2. The summed E-state index contributed by atoms with van der Waals surface area (Å²) in [6, 6.07) is 16.9. The van der Waals surface area contributed by atoms with Crippen LogP contribution in [0.3, 0.4) is 0 Å². The highest BCUT2D eigenvalue weighted by molar-refractivity contribution is 6.07. The van der Waals surface area contributed by atoms with Gasteiger partial charge in [0.05, 0.1) is 16.8 Å². The molecule has 0 atom stereocenters. The van der Waals surface area contributed by atoms with E-state index in [1.807, 2.05) is 54.6 Å². The molecule has 0 bridgehead atoms. The topological polar surface area (TPSA) is 71.1 Å². The van der Waals surface area contributed by atoms with Crippen LogP contribution in [0.25, 0.3) is 22.2 Å². The Kier molecular flexibility index (Phi) is 5.81. The van der Waals surface area contributed by atoms with Crippen LogP contribution >= 0.6 is 0 Å². The number of aromatic nitrogens is 1. The molecule has 3 aromatic rings. The molecular weight excluding hydrogens is 338 g/mol. The molecule has 3 rings (SSSR count). The van der Waals surface area contributed by atoms with Gasteiger partial charge in [-0.15, -0.1) is 0 Å². The second kappa shape index (κ2) is 8.45. The summed E-state index contributed by atoms with van der Waals surface area (Å²) >= 11 is 0. The number of unbranched alkanes of at least 4 members (excludes halogenated alkanes) is 1. The average molecular weight is 361 g/mol. The van der Waals surface area contributed by atoms with Crippen molar-refractivity contribution < 1.29 is 9.59 Å². The number of amides is 2. The third-order valence-electron chi connectivity index (χ3n) is 4.28. The summed E-state index contributed by atoms with van der Waals surface area (Å²) in [4.78, 5) is 28.6. The molecule has 0 spiro atoms. The van der Waals surface area contributed by atoms with Gasteiger partial charge in [-0.05, 0) is 30.7 Å². The van der Waals surface area contributed by atoms with Crippen LogP contribution in [0.15, 0.2) is 54.6 Å². The van der Waals surface area contributed by atoms with Gasteiger partial charge in [0, 0.05) is 30.1 Å². The second-order valence-electron chi connectivity index (χ2n) is 6.44. The number of nitrogens with one attached hydrogen (secondary N) is 2. The molecule has 27 heavy (non-hydrogen) atoms. The van der Waals surface area contributed by atoms with Crippen molar-refractivity contribution in [3.05, 3.63) is 60.2 Å². The summed E-state index contributed by atoms with van der Waals surface area (Å²) in [5, 5.41) is 6.57. The summed E-state index contributed by atoms with van der Waals surface area (Å²) in [7, 11) is 0. The number of carbonyl (C=O) groups excluding carboxylic acids is 2. The molecule has 2 aromatic carbocycles. The Hall–Kier alpha value is -3.21. The van der Waals surface area contributed by atoms with E-state index in [1.165, 1.54) is 6.92 Å². The molecule has 1 aromatic heterocycles. The van der Waals surface area contributed by atoms with E-state index < -0.39 is 0 Å². The Bertz CT molecular complexity index is 965. The van der Waals surface area contributed by atoms with Crippen molar-refractivity contribution in [2.45, 2.75) is 26.7 Å². The van der Waals surface area contributed by atoms with E-state index in [9.17, 15) is 9.59 Å². The predicted molar refractivity (Wildman–Crippen MR) is 109 cm³/mol. The van der Waals surface area contributed by atoms with Crippen LogP contribution in [0.1, 0.15) is 37.0 Å². The number of hydrogen-bond donors (Lipinski definition) is 2. The van der Waals surface area contributed by atoms with E-state index in [0.29, 0.717) is 12.1 Å². The highest BCUT2D eigenvalue weighted by atomic mass is 16.2. The Morgan fingerprint density at radius 1 is 1.04 bits per heavy atom. The second-order valence-corrected chi connectivity index (χ2v) is 6.44. The zero-order valence-corrected chi connectivity index (χ0v) is 15.6. The molecule has 2 amide bonds. The summed E-state index contributed by atoms with van der Waals surface area (Å²) in [5.41, 5.74) is 3.74. The molecule has 0 saturated heterocycles. The van der Waals surface area contributed by atoms with Gasteiger partial charge < -0.3 is 10.6 Å². The van der Waals surface area contributed by atoms with E-state index in [2.05, 4.69) is 17.6 Å². The Labute approximate surface area is 158 Å². The molecule has 0 aliphatic carbocycles. The van der Waals surface area contributed by atoms with Gasteiger partial charge in [0.15, 0.2) is 0 Å². The number of nitrogens with zero attached hydrogens (tertiary/aromatic N) is 1. The van der Waals surface area contributed by atoms with Crippen molar-refractivity contribution in [3.8, 4) is 11.3 Å². The van der Waals surface area contributed by atoms with Crippen molar-refractivity contribution in [3.63, 3.8) is 0 Å². The third-order valence-corrected chi connectivity index (χ3v) is 4.28. The van der Waals surface area contributed by atoms with Crippen LogP contribution in [-0.4, -0.2) is 23.3 Å². The first-order chi connectivity index (χ1) is 13.1. The average Bonchev–Trinajstić information content (AvgIpc) is 2.67. The van der Waals surface area contributed by atoms with Gasteiger partial charge in [-0.2, -0.15) is 0 Å². The first-order valence-corrected chi connectivity index (χ1v) is 9.14. The van der Waals surface area contributed by atoms with Gasteiger partial charge >= 0.3 is 0 Å². The number of pyridine rings is 1. The maximum atomic E-state index is 12.7. The molecule has 0 saturated carbocycles. The van der Waals surface area contributed by atoms with Crippen LogP contribution in [-0.2, 0) is 4.79 Å². The minimum atomic E-state index is -0.113. The van der Waals surface area contributed by atoms with Crippen LogP contribution < -0.4 is 10.6 Å². The molecule has 0 aliphatic heterocycles. The van der Waals surface area contributed by atoms with Gasteiger partial charge in [0.2, 0.25) is 5.91 Å². The molecule has 0 unspecified atom stereocenters. The number of fused-ring (bicyclic) bond motifs is 1. The van der Waals surface area contributed by atoms with Crippen molar-refractivity contribution in [2.75, 3.05) is 11.9 Å². The lowest BCUT2D eigenvalue weighted by Gasteiger charge is -2.11. The molecular formula is C22H23N3O2. The monoisotopic (exact) mass is 361 g/mol. The Balaban J connectivity index is 1.98. The van der Waals surface area contributed by atoms with Gasteiger partial charge in [-0.25, -0.2) is 4.98 Å². The number of rotatable bonds is 6. The lowest BCUT2D eigenvalue weighted by Crippen LogP contribution is -2.24. The van der Waals surface area contributed by atoms with Crippen molar-refractivity contribution in [1.82, 2.24) is 10.3 Å². The number of carbonyl (C=O) groups is 2. The largest absolute Gasteiger partial charge is 0.352 e. The van der Waals surface area contributed by atoms with Gasteiger partial charge in [-0.3, -0.25) is 9.59 Å². The van der Waals surface area contributed by atoms with Gasteiger partial charge in [0.1, 0.15) is 0 Å². The molecule has 1 heterocycles. The van der Waals surface area contributed by atoms with Crippen LogP contribution in [0.2, 0.25) is 0 Å². The third kappa shape index (κ3) is 4.50. The summed E-state index contributed by atoms with van der Waals surface area (Å²) < 4.78 is 0. The SMILES string of the molecule is CCCCNC(=O)c1cc(-c2ccc(NC(C)=O)cc2)nc2ccccc12. The first-order valence-electron chi connectivity index (χ1n) is 9.14. The van der Waals surface area contributed by atoms with E-state index in [4.69, 9.17) is 4.98 Å². The standard InChI is InChI=1S/C22H23N3O2/c1-3-4-13-23-22(27)19-14-21(25-20-8-6-5-7-18(19)20)16-9-11-17(12-10-16)24-15(2)26/h5-12,14H,3-4,13H2,1-2H3,(H,23,27)(H,24,26). The highest BCUT2D eigenvalue weighted by Gasteiger charge is 2.13. The van der Waals surface area contributed by atoms with Crippen LogP contribution in [0, 0.1) is 0 Å². The first kappa shape index (κ1) is 18.6. The summed E-state index contributed by atoms with van der Waals surface area (Å²) in [6.45, 7) is 4.23. The smallest absolute Gasteiger partial charge is 0.252 e. The van der Waals surface area contributed by atoms with Crippen LogP contribution in [0.4, 0.5) is 5.69 Å². The zero-order valence-electron chi connectivity index (χ0n) is 15.6. The Morgan fingerprint density at radius 3 is 2.48 bits per heavy atom. The fraction of sp³-hybridized carbons (Fsp3) is 0.227. The number of hydrogen-bond acceptors (Lipinski definition) is 3. The van der Waals surface area contributed by atoms with Crippen LogP contribution in [0.5, 0.6) is 0 Å². The van der Waals surface area contributed by atoms with Crippen molar-refractivity contribution in [2.24, 2.45) is 0 Å². The quantitative estimate of drug-likeness (QED) is 0.640. The van der Waals surface area contributed by atoms with Gasteiger partial charge in [-0.1, -0.05) is 43.7 Å². The minimum absolute atomic E-state index is 0.0850. The number of para-hydroxylation sites is 1. The van der Waals surface area contributed by atoms with E-state index in [1.54, 1.807) is 0 Å². The maximum absolute atomic E-state index is 12.7. The molecule has 0 fully saturated rings. The summed E-state index contributed by atoms with van der Waals surface area (Å²) in [6.07, 6.45) is 1.98. The Morgan fingerprint density at radius 2 is 1.78 bits per heavy atom.